The highest BCUT2D eigenvalue weighted by molar-refractivity contribution is 6.30. The first-order valence-electron chi connectivity index (χ1n) is 5.76. The summed E-state index contributed by atoms with van der Waals surface area (Å²) in [5.41, 5.74) is 0.295. The van der Waals surface area contributed by atoms with Crippen molar-refractivity contribution in [2.24, 2.45) is 0 Å². The Bertz CT molecular complexity index is 402. The Hall–Kier alpha value is -1.22. The van der Waals surface area contributed by atoms with Crippen molar-refractivity contribution < 1.29 is 9.90 Å². The van der Waals surface area contributed by atoms with Crippen LogP contribution in [-0.2, 0) is 0 Å². The SMILES string of the molecule is CCC(CC)N(C)C(=O)c1ccc(Cl)cc1O. The molecule has 0 aliphatic rings. The van der Waals surface area contributed by atoms with Gasteiger partial charge in [-0.2, -0.15) is 0 Å². The molecule has 0 bridgehead atoms. The number of phenolic OH excluding ortho intramolecular Hbond substituents is 1. The molecule has 0 aromatic heterocycles. The maximum atomic E-state index is 12.2. The fraction of sp³-hybridized carbons (Fsp3) is 0.462. The average molecular weight is 256 g/mol. The van der Waals surface area contributed by atoms with Crippen molar-refractivity contribution in [3.63, 3.8) is 0 Å². The van der Waals surface area contributed by atoms with Crippen LogP contribution in [-0.4, -0.2) is 29.0 Å². The Morgan fingerprint density at radius 3 is 2.47 bits per heavy atom. The summed E-state index contributed by atoms with van der Waals surface area (Å²) in [5, 5.41) is 10.1. The number of phenols is 1. The second-order valence-corrected chi connectivity index (χ2v) is 4.48. The van der Waals surface area contributed by atoms with Crippen LogP contribution in [0.25, 0.3) is 0 Å². The highest BCUT2D eigenvalue weighted by Crippen LogP contribution is 2.24. The maximum Gasteiger partial charge on any atom is 0.257 e. The van der Waals surface area contributed by atoms with Gasteiger partial charge in [0.1, 0.15) is 5.75 Å². The number of halogens is 1. The normalized spacial score (nSPS) is 10.6. The van der Waals surface area contributed by atoms with Gasteiger partial charge in [-0.1, -0.05) is 25.4 Å². The topological polar surface area (TPSA) is 40.5 Å². The molecule has 1 aromatic rings. The van der Waals surface area contributed by atoms with Crippen LogP contribution < -0.4 is 0 Å². The van der Waals surface area contributed by atoms with Crippen molar-refractivity contribution in [3.05, 3.63) is 28.8 Å². The summed E-state index contributed by atoms with van der Waals surface area (Å²) in [6.45, 7) is 4.08. The van der Waals surface area contributed by atoms with Crippen molar-refractivity contribution in [1.29, 1.82) is 0 Å². The van der Waals surface area contributed by atoms with Gasteiger partial charge in [-0.05, 0) is 31.0 Å². The van der Waals surface area contributed by atoms with Crippen molar-refractivity contribution >= 4 is 17.5 Å². The first kappa shape index (κ1) is 13.8. The predicted molar refractivity (Wildman–Crippen MR) is 69.6 cm³/mol. The molecule has 0 unspecified atom stereocenters. The van der Waals surface area contributed by atoms with E-state index in [1.54, 1.807) is 24.1 Å². The Labute approximate surface area is 107 Å². The minimum Gasteiger partial charge on any atom is -0.507 e. The average Bonchev–Trinajstić information content (AvgIpc) is 2.29. The molecule has 4 heteroatoms. The Balaban J connectivity index is 2.96. The fourth-order valence-electron chi connectivity index (χ4n) is 1.88. The summed E-state index contributed by atoms with van der Waals surface area (Å²) in [5.74, 6) is -0.242. The van der Waals surface area contributed by atoms with Crippen molar-refractivity contribution in [2.75, 3.05) is 7.05 Å². The first-order valence-corrected chi connectivity index (χ1v) is 6.14. The van der Waals surface area contributed by atoms with Crippen molar-refractivity contribution in [2.45, 2.75) is 32.7 Å². The van der Waals surface area contributed by atoms with Gasteiger partial charge in [0.15, 0.2) is 0 Å². The Morgan fingerprint density at radius 2 is 2.00 bits per heavy atom. The zero-order valence-electron chi connectivity index (χ0n) is 10.4. The summed E-state index contributed by atoms with van der Waals surface area (Å²) in [7, 11) is 1.76. The largest absolute Gasteiger partial charge is 0.507 e. The monoisotopic (exact) mass is 255 g/mol. The second kappa shape index (κ2) is 5.92. The van der Waals surface area contributed by atoms with Gasteiger partial charge < -0.3 is 10.0 Å². The Kier molecular flexibility index (Phi) is 4.82. The molecule has 1 aromatic carbocycles. The minimum absolute atomic E-state index is 0.0692. The van der Waals surface area contributed by atoms with Gasteiger partial charge in [-0.3, -0.25) is 4.79 Å². The number of aromatic hydroxyl groups is 1. The zero-order valence-corrected chi connectivity index (χ0v) is 11.2. The fourth-order valence-corrected chi connectivity index (χ4v) is 2.04. The maximum absolute atomic E-state index is 12.2. The molecular formula is C13H18ClNO2. The number of nitrogens with zero attached hydrogens (tertiary/aromatic N) is 1. The number of rotatable bonds is 4. The lowest BCUT2D eigenvalue weighted by Gasteiger charge is -2.26. The smallest absolute Gasteiger partial charge is 0.257 e. The molecular weight excluding hydrogens is 238 g/mol. The highest BCUT2D eigenvalue weighted by atomic mass is 35.5. The van der Waals surface area contributed by atoms with Gasteiger partial charge in [0.2, 0.25) is 0 Å². The molecule has 0 heterocycles. The molecule has 3 nitrogen and oxygen atoms in total. The van der Waals surface area contributed by atoms with E-state index in [4.69, 9.17) is 11.6 Å². The summed E-state index contributed by atoms with van der Waals surface area (Å²) in [6.07, 6.45) is 1.79. The lowest BCUT2D eigenvalue weighted by atomic mass is 10.1. The van der Waals surface area contributed by atoms with E-state index in [0.717, 1.165) is 12.8 Å². The number of hydrogen-bond acceptors (Lipinski definition) is 2. The summed E-state index contributed by atoms with van der Waals surface area (Å²) >= 11 is 5.73. The zero-order chi connectivity index (χ0) is 13.0. The minimum atomic E-state index is -0.173. The van der Waals surface area contributed by atoms with E-state index in [2.05, 4.69) is 0 Å². The number of benzene rings is 1. The molecule has 0 aliphatic heterocycles. The van der Waals surface area contributed by atoms with Gasteiger partial charge in [0.25, 0.3) is 5.91 Å². The summed E-state index contributed by atoms with van der Waals surface area (Å²) in [4.78, 5) is 13.8. The predicted octanol–water partition coefficient (Wildman–Crippen LogP) is 3.31. The van der Waals surface area contributed by atoms with Gasteiger partial charge in [0.05, 0.1) is 5.56 Å². The lowest BCUT2D eigenvalue weighted by Crippen LogP contribution is -2.36. The van der Waals surface area contributed by atoms with E-state index in [0.29, 0.717) is 10.6 Å². The first-order chi connectivity index (χ1) is 8.01. The standard InChI is InChI=1S/C13H18ClNO2/c1-4-10(5-2)15(3)13(17)11-7-6-9(14)8-12(11)16/h6-8,10,16H,4-5H2,1-3H3. The molecule has 0 aliphatic carbocycles. The molecule has 1 N–H and O–H groups in total. The van der Waals surface area contributed by atoms with Crippen LogP contribution in [0.2, 0.25) is 5.02 Å². The van der Waals surface area contributed by atoms with E-state index in [1.165, 1.54) is 6.07 Å². The third kappa shape index (κ3) is 3.13. The van der Waals surface area contributed by atoms with E-state index < -0.39 is 0 Å². The molecule has 17 heavy (non-hydrogen) atoms. The molecule has 1 amide bonds. The molecule has 0 atom stereocenters. The number of carbonyl (C=O) groups excluding carboxylic acids is 1. The number of carbonyl (C=O) groups is 1. The summed E-state index contributed by atoms with van der Waals surface area (Å²) < 4.78 is 0. The highest BCUT2D eigenvalue weighted by Gasteiger charge is 2.20. The molecule has 0 saturated heterocycles. The van der Waals surface area contributed by atoms with Crippen molar-refractivity contribution in [1.82, 2.24) is 4.90 Å². The van der Waals surface area contributed by atoms with E-state index >= 15 is 0 Å². The third-order valence-corrected chi connectivity index (χ3v) is 3.24. The van der Waals surface area contributed by atoms with E-state index in [1.807, 2.05) is 13.8 Å². The van der Waals surface area contributed by atoms with E-state index in [9.17, 15) is 9.90 Å². The quantitative estimate of drug-likeness (QED) is 0.897. The van der Waals surface area contributed by atoms with E-state index in [-0.39, 0.29) is 17.7 Å². The third-order valence-electron chi connectivity index (χ3n) is 3.00. The Morgan fingerprint density at radius 1 is 1.41 bits per heavy atom. The summed E-state index contributed by atoms with van der Waals surface area (Å²) in [6, 6.07) is 4.74. The second-order valence-electron chi connectivity index (χ2n) is 4.05. The van der Waals surface area contributed by atoms with Crippen LogP contribution in [0.15, 0.2) is 18.2 Å². The van der Waals surface area contributed by atoms with Crippen LogP contribution >= 0.6 is 11.6 Å². The number of amides is 1. The molecule has 0 spiro atoms. The van der Waals surface area contributed by atoms with Gasteiger partial charge in [-0.15, -0.1) is 0 Å². The van der Waals surface area contributed by atoms with Crippen LogP contribution in [0.4, 0.5) is 0 Å². The van der Waals surface area contributed by atoms with Crippen LogP contribution in [0.3, 0.4) is 0 Å². The lowest BCUT2D eigenvalue weighted by molar-refractivity contribution is 0.0720. The molecule has 0 saturated carbocycles. The number of hydrogen-bond donors (Lipinski definition) is 1. The van der Waals surface area contributed by atoms with Crippen molar-refractivity contribution in [3.8, 4) is 5.75 Å². The molecule has 0 fully saturated rings. The molecule has 0 radical (unpaired) electrons. The van der Waals surface area contributed by atoms with Crippen LogP contribution in [0, 0.1) is 0 Å². The van der Waals surface area contributed by atoms with Gasteiger partial charge in [-0.25, -0.2) is 0 Å². The van der Waals surface area contributed by atoms with Gasteiger partial charge in [0, 0.05) is 18.1 Å². The molecule has 94 valence electrons. The molecule has 1 rings (SSSR count). The van der Waals surface area contributed by atoms with Crippen LogP contribution in [0.5, 0.6) is 5.75 Å². The van der Waals surface area contributed by atoms with Crippen LogP contribution in [0.1, 0.15) is 37.0 Å². The van der Waals surface area contributed by atoms with Gasteiger partial charge >= 0.3 is 0 Å².